The number of rotatable bonds is 6. The van der Waals surface area contributed by atoms with Crippen LogP contribution in [0.5, 0.6) is 0 Å². The van der Waals surface area contributed by atoms with Crippen molar-refractivity contribution in [3.05, 3.63) is 0 Å². The van der Waals surface area contributed by atoms with Gasteiger partial charge in [-0.3, -0.25) is 0 Å². The van der Waals surface area contributed by atoms with Crippen LogP contribution in [-0.2, 0) is 0 Å². The third kappa shape index (κ3) is 4.96. The van der Waals surface area contributed by atoms with Crippen LogP contribution < -0.4 is 5.32 Å². The SMILES string of the molecule is CNC1CCC(N(C)CCCC(C)(C)C#N)CC1. The maximum atomic E-state index is 8.99. The number of hydrogen-bond donors (Lipinski definition) is 1. The van der Waals surface area contributed by atoms with Crippen molar-refractivity contribution >= 4 is 0 Å². The standard InChI is InChI=1S/C15H29N3/c1-15(2,12-16)10-5-11-18(4)14-8-6-13(17-3)7-9-14/h13-14,17H,5-11H2,1-4H3. The van der Waals surface area contributed by atoms with E-state index in [4.69, 9.17) is 5.26 Å². The number of nitriles is 1. The molecule has 0 aromatic rings. The van der Waals surface area contributed by atoms with Crippen molar-refractivity contribution in [3.8, 4) is 6.07 Å². The van der Waals surface area contributed by atoms with Crippen LogP contribution in [0.1, 0.15) is 52.4 Å². The van der Waals surface area contributed by atoms with Crippen LogP contribution >= 0.6 is 0 Å². The molecule has 1 aliphatic rings. The lowest BCUT2D eigenvalue weighted by atomic mass is 9.88. The van der Waals surface area contributed by atoms with Gasteiger partial charge in [0.25, 0.3) is 0 Å². The molecule has 3 nitrogen and oxygen atoms in total. The van der Waals surface area contributed by atoms with Gasteiger partial charge in [0.05, 0.1) is 11.5 Å². The van der Waals surface area contributed by atoms with Crippen molar-refractivity contribution in [2.75, 3.05) is 20.6 Å². The van der Waals surface area contributed by atoms with Crippen molar-refractivity contribution in [1.82, 2.24) is 10.2 Å². The van der Waals surface area contributed by atoms with E-state index in [9.17, 15) is 0 Å². The summed E-state index contributed by atoms with van der Waals surface area (Å²) in [5.74, 6) is 0. The molecule has 0 atom stereocenters. The molecule has 0 unspecified atom stereocenters. The fourth-order valence-electron chi connectivity index (χ4n) is 2.81. The van der Waals surface area contributed by atoms with Crippen LogP contribution in [-0.4, -0.2) is 37.6 Å². The van der Waals surface area contributed by atoms with Gasteiger partial charge in [0, 0.05) is 12.1 Å². The molecule has 18 heavy (non-hydrogen) atoms. The summed E-state index contributed by atoms with van der Waals surface area (Å²) in [7, 11) is 4.31. The second kappa shape index (κ2) is 7.11. The minimum absolute atomic E-state index is 0.162. The molecule has 1 N–H and O–H groups in total. The molecule has 0 aromatic heterocycles. The van der Waals surface area contributed by atoms with Crippen LogP contribution in [0, 0.1) is 16.7 Å². The summed E-state index contributed by atoms with van der Waals surface area (Å²) >= 11 is 0. The predicted molar refractivity (Wildman–Crippen MR) is 76.4 cm³/mol. The highest BCUT2D eigenvalue weighted by molar-refractivity contribution is 4.91. The monoisotopic (exact) mass is 251 g/mol. The quantitative estimate of drug-likeness (QED) is 0.789. The van der Waals surface area contributed by atoms with Crippen LogP contribution in [0.2, 0.25) is 0 Å². The van der Waals surface area contributed by atoms with Gasteiger partial charge < -0.3 is 10.2 Å². The van der Waals surface area contributed by atoms with Crippen LogP contribution in [0.3, 0.4) is 0 Å². The van der Waals surface area contributed by atoms with Crippen molar-refractivity contribution in [2.45, 2.75) is 64.5 Å². The highest BCUT2D eigenvalue weighted by Crippen LogP contribution is 2.24. The minimum atomic E-state index is -0.162. The zero-order chi connectivity index (χ0) is 13.6. The summed E-state index contributed by atoms with van der Waals surface area (Å²) in [5.41, 5.74) is -0.162. The molecule has 0 radical (unpaired) electrons. The van der Waals surface area contributed by atoms with E-state index in [1.54, 1.807) is 0 Å². The van der Waals surface area contributed by atoms with E-state index in [0.29, 0.717) is 0 Å². The first kappa shape index (κ1) is 15.5. The van der Waals surface area contributed by atoms with Crippen LogP contribution in [0.25, 0.3) is 0 Å². The van der Waals surface area contributed by atoms with E-state index in [0.717, 1.165) is 31.5 Å². The maximum absolute atomic E-state index is 8.99. The molecular formula is C15H29N3. The molecule has 0 aromatic carbocycles. The summed E-state index contributed by atoms with van der Waals surface area (Å²) in [6, 6.07) is 3.86. The first-order valence-corrected chi connectivity index (χ1v) is 7.27. The molecule has 1 saturated carbocycles. The van der Waals surface area contributed by atoms with Gasteiger partial charge in [0.15, 0.2) is 0 Å². The zero-order valence-electron chi connectivity index (χ0n) is 12.5. The van der Waals surface area contributed by atoms with Crippen molar-refractivity contribution in [3.63, 3.8) is 0 Å². The van der Waals surface area contributed by atoms with Crippen molar-refractivity contribution < 1.29 is 0 Å². The minimum Gasteiger partial charge on any atom is -0.317 e. The molecule has 0 aliphatic heterocycles. The van der Waals surface area contributed by atoms with Crippen LogP contribution in [0.4, 0.5) is 0 Å². The average Bonchev–Trinajstić information content (AvgIpc) is 2.38. The van der Waals surface area contributed by atoms with Gasteiger partial charge >= 0.3 is 0 Å². The second-order valence-corrected chi connectivity index (χ2v) is 6.37. The molecule has 1 rings (SSSR count). The van der Waals surface area contributed by atoms with Gasteiger partial charge in [-0.15, -0.1) is 0 Å². The molecule has 0 amide bonds. The lowest BCUT2D eigenvalue weighted by Crippen LogP contribution is -2.40. The molecule has 1 fully saturated rings. The van der Waals surface area contributed by atoms with Gasteiger partial charge in [0.1, 0.15) is 0 Å². The van der Waals surface area contributed by atoms with E-state index in [-0.39, 0.29) is 5.41 Å². The number of nitrogens with zero attached hydrogens (tertiary/aromatic N) is 2. The third-order valence-electron chi connectivity index (χ3n) is 4.34. The summed E-state index contributed by atoms with van der Waals surface area (Å²) in [5, 5.41) is 12.4. The van der Waals surface area contributed by atoms with Gasteiger partial charge in [0.2, 0.25) is 0 Å². The smallest absolute Gasteiger partial charge is 0.0683 e. The van der Waals surface area contributed by atoms with Crippen molar-refractivity contribution in [2.24, 2.45) is 5.41 Å². The fourth-order valence-corrected chi connectivity index (χ4v) is 2.81. The summed E-state index contributed by atoms with van der Waals surface area (Å²) < 4.78 is 0. The largest absolute Gasteiger partial charge is 0.317 e. The topological polar surface area (TPSA) is 39.1 Å². The molecule has 0 bridgehead atoms. The predicted octanol–water partition coefficient (Wildman–Crippen LogP) is 2.78. The Morgan fingerprint density at radius 1 is 1.28 bits per heavy atom. The van der Waals surface area contributed by atoms with Gasteiger partial charge in [-0.1, -0.05) is 0 Å². The van der Waals surface area contributed by atoms with Gasteiger partial charge in [-0.2, -0.15) is 5.26 Å². The van der Waals surface area contributed by atoms with E-state index in [1.165, 1.54) is 25.7 Å². The van der Waals surface area contributed by atoms with E-state index in [1.807, 2.05) is 13.8 Å². The zero-order valence-corrected chi connectivity index (χ0v) is 12.5. The third-order valence-corrected chi connectivity index (χ3v) is 4.34. The van der Waals surface area contributed by atoms with Gasteiger partial charge in [-0.05, 0) is 73.0 Å². The van der Waals surface area contributed by atoms with E-state index >= 15 is 0 Å². The second-order valence-electron chi connectivity index (χ2n) is 6.37. The lowest BCUT2D eigenvalue weighted by molar-refractivity contribution is 0.170. The summed E-state index contributed by atoms with van der Waals surface area (Å²) in [6.45, 7) is 5.19. The Bertz CT molecular complexity index is 272. The van der Waals surface area contributed by atoms with E-state index < -0.39 is 0 Å². The molecule has 1 aliphatic carbocycles. The normalized spacial score (nSPS) is 25.1. The molecule has 0 spiro atoms. The van der Waals surface area contributed by atoms with Crippen LogP contribution in [0.15, 0.2) is 0 Å². The Kier molecular flexibility index (Phi) is 6.11. The Labute approximate surface area is 113 Å². The van der Waals surface area contributed by atoms with E-state index in [2.05, 4.69) is 30.4 Å². The summed E-state index contributed by atoms with van der Waals surface area (Å²) in [4.78, 5) is 2.50. The lowest BCUT2D eigenvalue weighted by Gasteiger charge is -2.35. The average molecular weight is 251 g/mol. The van der Waals surface area contributed by atoms with Crippen molar-refractivity contribution in [1.29, 1.82) is 5.26 Å². The fraction of sp³-hybridized carbons (Fsp3) is 0.933. The molecule has 0 saturated heterocycles. The Hall–Kier alpha value is -0.590. The highest BCUT2D eigenvalue weighted by atomic mass is 15.1. The number of nitrogens with one attached hydrogen (secondary N) is 1. The Morgan fingerprint density at radius 2 is 1.89 bits per heavy atom. The maximum Gasteiger partial charge on any atom is 0.0683 e. The Balaban J connectivity index is 2.22. The Morgan fingerprint density at radius 3 is 2.39 bits per heavy atom. The molecule has 3 heteroatoms. The first-order valence-electron chi connectivity index (χ1n) is 7.27. The van der Waals surface area contributed by atoms with Gasteiger partial charge in [-0.25, -0.2) is 0 Å². The molecular weight excluding hydrogens is 222 g/mol. The first-order chi connectivity index (χ1) is 8.48. The highest BCUT2D eigenvalue weighted by Gasteiger charge is 2.23. The molecule has 0 heterocycles. The molecule has 104 valence electrons. The number of hydrogen-bond acceptors (Lipinski definition) is 3. The summed E-state index contributed by atoms with van der Waals surface area (Å²) in [6.07, 6.45) is 7.35.